The van der Waals surface area contributed by atoms with Crippen molar-refractivity contribution in [2.75, 3.05) is 0 Å². The number of phenols is 1. The van der Waals surface area contributed by atoms with Crippen molar-refractivity contribution in [3.8, 4) is 22.8 Å². The predicted octanol–water partition coefficient (Wildman–Crippen LogP) is 9.16. The van der Waals surface area contributed by atoms with E-state index in [2.05, 4.69) is 6.07 Å². The SMILES string of the molecule is O=C1C(c2cccc(-n3c(-c4ccccc4)nc4ccccc43)c2O)C(=O)C2CCC3C(=O)C(c4c5ccccc5cc5ccccc45)C(=O)C4CCC1C2C43. The Balaban J connectivity index is 0.974. The highest BCUT2D eigenvalue weighted by molar-refractivity contribution is 6.19. The minimum Gasteiger partial charge on any atom is -0.505 e. The normalized spacial score (nSPS) is 27.2. The number of Topliss-reactive ketones (excluding diaryl/α,β-unsaturated/α-hetero) is 4. The number of hydrogen-bond acceptors (Lipinski definition) is 6. The van der Waals surface area contributed by atoms with Crippen LogP contribution >= 0.6 is 0 Å². The molecule has 4 saturated carbocycles. The minimum atomic E-state index is -1.13. The van der Waals surface area contributed by atoms with Crippen LogP contribution in [0.25, 0.3) is 49.7 Å². The van der Waals surface area contributed by atoms with E-state index in [1.165, 1.54) is 0 Å². The Morgan fingerprint density at radius 1 is 0.536 bits per heavy atom. The Hall–Kier alpha value is -6.21. The molecule has 0 radical (unpaired) electrons. The van der Waals surface area contributed by atoms with Crippen molar-refractivity contribution < 1.29 is 24.3 Å². The third-order valence-corrected chi connectivity index (χ3v) is 13.8. The van der Waals surface area contributed by atoms with Crippen LogP contribution in [0.15, 0.2) is 127 Å². The fourth-order valence-electron chi connectivity index (χ4n) is 11.6. The van der Waals surface area contributed by atoms with Gasteiger partial charge in [0.1, 0.15) is 23.4 Å². The van der Waals surface area contributed by atoms with Gasteiger partial charge in [-0.2, -0.15) is 0 Å². The van der Waals surface area contributed by atoms with Crippen molar-refractivity contribution >= 4 is 55.7 Å². The lowest BCUT2D eigenvalue weighted by molar-refractivity contribution is -0.166. The number of benzene rings is 6. The molecule has 4 aliphatic rings. The number of nitrogens with zero attached hydrogens (tertiary/aromatic N) is 2. The monoisotopic (exact) mass is 734 g/mol. The molecule has 4 unspecified atom stereocenters. The smallest absolute Gasteiger partial charge is 0.151 e. The number of carbonyl (C=O) groups excluding carboxylic acids is 4. The summed E-state index contributed by atoms with van der Waals surface area (Å²) in [4.78, 5) is 64.2. The summed E-state index contributed by atoms with van der Waals surface area (Å²) in [6, 6.07) is 40.8. The van der Waals surface area contributed by atoms with Crippen LogP contribution in [0.1, 0.15) is 48.6 Å². The van der Waals surface area contributed by atoms with E-state index in [1.807, 2.05) is 108 Å². The van der Waals surface area contributed by atoms with Gasteiger partial charge in [-0.25, -0.2) is 4.98 Å². The largest absolute Gasteiger partial charge is 0.505 e. The van der Waals surface area contributed by atoms with Crippen LogP contribution in [0, 0.1) is 35.5 Å². The third-order valence-electron chi connectivity index (χ3n) is 13.8. The summed E-state index contributed by atoms with van der Waals surface area (Å²) in [5.41, 5.74) is 3.95. The van der Waals surface area contributed by atoms with Crippen LogP contribution in [0.4, 0.5) is 0 Å². The van der Waals surface area contributed by atoms with Crippen LogP contribution in [-0.2, 0) is 19.2 Å². The Labute approximate surface area is 323 Å². The molecule has 4 fully saturated rings. The van der Waals surface area contributed by atoms with Gasteiger partial charge in [-0.15, -0.1) is 0 Å². The zero-order chi connectivity index (χ0) is 37.8. The predicted molar refractivity (Wildman–Crippen MR) is 215 cm³/mol. The van der Waals surface area contributed by atoms with Crippen molar-refractivity contribution in [2.24, 2.45) is 35.5 Å². The molecule has 0 aliphatic heterocycles. The van der Waals surface area contributed by atoms with E-state index in [1.54, 1.807) is 18.2 Å². The molecule has 56 heavy (non-hydrogen) atoms. The fourth-order valence-corrected chi connectivity index (χ4v) is 11.6. The van der Waals surface area contributed by atoms with Crippen LogP contribution in [0.5, 0.6) is 5.75 Å². The van der Waals surface area contributed by atoms with Gasteiger partial charge >= 0.3 is 0 Å². The number of aromatic nitrogens is 2. The zero-order valence-corrected chi connectivity index (χ0v) is 30.5. The number of carbonyl (C=O) groups is 4. The second-order valence-electron chi connectivity index (χ2n) is 16.3. The number of imidazole rings is 1. The van der Waals surface area contributed by atoms with Gasteiger partial charge in [0.05, 0.1) is 16.7 Å². The third kappa shape index (κ3) is 4.60. The number of rotatable bonds is 4. The first kappa shape index (κ1) is 33.2. The van der Waals surface area contributed by atoms with Gasteiger partial charge in [0.15, 0.2) is 23.1 Å². The number of ketones is 4. The lowest BCUT2D eigenvalue weighted by Gasteiger charge is -2.56. The van der Waals surface area contributed by atoms with Crippen molar-refractivity contribution in [1.82, 2.24) is 9.55 Å². The highest BCUT2D eigenvalue weighted by atomic mass is 16.3. The Morgan fingerprint density at radius 2 is 1.05 bits per heavy atom. The van der Waals surface area contributed by atoms with Gasteiger partial charge in [0.2, 0.25) is 0 Å². The summed E-state index contributed by atoms with van der Waals surface area (Å²) in [5.74, 6) is -4.48. The second kappa shape index (κ2) is 12.4. The summed E-state index contributed by atoms with van der Waals surface area (Å²) < 4.78 is 1.90. The number of aromatic hydroxyl groups is 1. The number of para-hydroxylation sites is 3. The molecular formula is C49H38N2O5. The van der Waals surface area contributed by atoms with E-state index < -0.39 is 35.5 Å². The van der Waals surface area contributed by atoms with Crippen LogP contribution in [0.2, 0.25) is 0 Å². The molecule has 0 bridgehead atoms. The molecule has 4 aliphatic carbocycles. The van der Waals surface area contributed by atoms with E-state index in [-0.39, 0.29) is 40.7 Å². The van der Waals surface area contributed by atoms with Gasteiger partial charge in [-0.3, -0.25) is 23.7 Å². The average molecular weight is 735 g/mol. The molecule has 274 valence electrons. The molecule has 7 heteroatoms. The number of phenolic OH excluding ortho intramolecular Hbond substituents is 1. The second-order valence-corrected chi connectivity index (χ2v) is 16.3. The van der Waals surface area contributed by atoms with Gasteiger partial charge < -0.3 is 5.11 Å². The molecule has 6 aromatic carbocycles. The van der Waals surface area contributed by atoms with E-state index in [0.29, 0.717) is 42.8 Å². The average Bonchev–Trinajstić information content (AvgIpc) is 3.62. The van der Waals surface area contributed by atoms with Crippen molar-refractivity contribution in [1.29, 1.82) is 0 Å². The Bertz CT molecular complexity index is 2720. The summed E-state index contributed by atoms with van der Waals surface area (Å²) in [7, 11) is 0. The molecule has 1 aromatic heterocycles. The summed E-state index contributed by atoms with van der Waals surface area (Å²) in [6.45, 7) is 0. The van der Waals surface area contributed by atoms with E-state index in [4.69, 9.17) is 4.98 Å². The molecule has 1 N–H and O–H groups in total. The van der Waals surface area contributed by atoms with Crippen LogP contribution < -0.4 is 0 Å². The zero-order valence-electron chi connectivity index (χ0n) is 30.5. The quantitative estimate of drug-likeness (QED) is 0.143. The maximum atomic E-state index is 14.8. The molecule has 0 saturated heterocycles. The Kier molecular flexibility index (Phi) is 7.34. The van der Waals surface area contributed by atoms with E-state index in [9.17, 15) is 24.3 Å². The van der Waals surface area contributed by atoms with Crippen LogP contribution in [-0.4, -0.2) is 37.8 Å². The van der Waals surface area contributed by atoms with Crippen molar-refractivity contribution in [3.63, 3.8) is 0 Å². The van der Waals surface area contributed by atoms with Crippen LogP contribution in [0.3, 0.4) is 0 Å². The van der Waals surface area contributed by atoms with E-state index in [0.717, 1.165) is 43.7 Å². The minimum absolute atomic E-state index is 0.0639. The molecule has 0 amide bonds. The molecule has 0 spiro atoms. The lowest BCUT2D eigenvalue weighted by Crippen LogP contribution is -2.61. The van der Waals surface area contributed by atoms with Gasteiger partial charge in [-0.05, 0) is 88.9 Å². The number of fused-ring (bicyclic) bond motifs is 3. The van der Waals surface area contributed by atoms with E-state index >= 15 is 0 Å². The maximum Gasteiger partial charge on any atom is 0.151 e. The molecular weight excluding hydrogens is 697 g/mol. The molecule has 11 rings (SSSR count). The highest BCUT2D eigenvalue weighted by Crippen LogP contribution is 2.61. The fraction of sp³-hybridized carbons (Fsp3) is 0.245. The summed E-state index contributed by atoms with van der Waals surface area (Å²) >= 11 is 0. The topological polar surface area (TPSA) is 106 Å². The number of hydrogen-bond donors (Lipinski definition) is 1. The van der Waals surface area contributed by atoms with Gasteiger partial charge in [-0.1, -0.05) is 103 Å². The first-order chi connectivity index (χ1) is 27.4. The van der Waals surface area contributed by atoms with Crippen molar-refractivity contribution in [2.45, 2.75) is 37.5 Å². The molecule has 1 heterocycles. The highest BCUT2D eigenvalue weighted by Gasteiger charge is 2.64. The Morgan fingerprint density at radius 3 is 1.66 bits per heavy atom. The lowest BCUT2D eigenvalue weighted by atomic mass is 9.44. The summed E-state index contributed by atoms with van der Waals surface area (Å²) in [5, 5.41) is 16.0. The van der Waals surface area contributed by atoms with Crippen molar-refractivity contribution in [3.05, 3.63) is 139 Å². The molecule has 7 nitrogen and oxygen atoms in total. The van der Waals surface area contributed by atoms with Gasteiger partial charge in [0, 0.05) is 34.8 Å². The summed E-state index contributed by atoms with van der Waals surface area (Å²) in [6.07, 6.45) is 1.96. The first-order valence-corrected chi connectivity index (χ1v) is 19.8. The standard InChI is InChI=1S/C49H38N2O5/c52-44-31(17-10-20-38(44)51-37-19-9-8-18-36(37)50-49(51)26-11-2-1-3-12-26)42-45(53)32-21-23-34-41-35(24-22-33(40(32)41)46(42)54)48(56)43(47(34)55)39-29-15-6-4-13-27(29)25-28-14-5-7-16-30(28)39/h1-20,25,32-35,40-43,52H,21-24H2. The molecule has 7 aromatic rings. The van der Waals surface area contributed by atoms with Gasteiger partial charge in [0.25, 0.3) is 0 Å². The maximum absolute atomic E-state index is 14.8. The molecule has 4 atom stereocenters. The first-order valence-electron chi connectivity index (χ1n) is 19.8.